The minimum absolute atomic E-state index is 0.0567. The van der Waals surface area contributed by atoms with Gasteiger partial charge in [-0.1, -0.05) is 6.07 Å². The minimum atomic E-state index is -0.914. The highest BCUT2D eigenvalue weighted by molar-refractivity contribution is 7.13. The molecular formula is C14H16N2O4S. The average Bonchev–Trinajstić information content (AvgIpc) is 3.09. The minimum Gasteiger partial charge on any atom is -0.481 e. The second kappa shape index (κ2) is 7.03. The summed E-state index contributed by atoms with van der Waals surface area (Å²) in [6.07, 6.45) is 1.53. The van der Waals surface area contributed by atoms with E-state index in [1.165, 1.54) is 22.5 Å². The van der Waals surface area contributed by atoms with Crippen molar-refractivity contribution in [2.45, 2.75) is 19.8 Å². The number of carbonyl (C=O) groups is 2. The largest absolute Gasteiger partial charge is 0.481 e. The smallest absolute Gasteiger partial charge is 0.305 e. The van der Waals surface area contributed by atoms with Gasteiger partial charge in [-0.2, -0.15) is 0 Å². The Hall–Kier alpha value is -2.15. The number of amides is 1. The number of oxazole rings is 1. The van der Waals surface area contributed by atoms with Gasteiger partial charge in [-0.25, -0.2) is 4.98 Å². The summed E-state index contributed by atoms with van der Waals surface area (Å²) in [5.74, 6) is -0.561. The number of thiophene rings is 1. The maximum Gasteiger partial charge on any atom is 0.305 e. The van der Waals surface area contributed by atoms with E-state index in [4.69, 9.17) is 9.52 Å². The highest BCUT2D eigenvalue weighted by Crippen LogP contribution is 2.23. The number of nitrogens with zero attached hydrogens (tertiary/aromatic N) is 2. The van der Waals surface area contributed by atoms with Gasteiger partial charge in [0.05, 0.1) is 23.4 Å². The molecule has 0 saturated carbocycles. The maximum absolute atomic E-state index is 12.1. The van der Waals surface area contributed by atoms with Crippen molar-refractivity contribution in [2.75, 3.05) is 13.1 Å². The standard InChI is InChI=1S/C14H16N2O4S/c1-2-16(6-5-13(18)19)12(17)8-10-9-20-14(15-10)11-4-3-7-21-11/h3-4,7,9H,2,5-6,8H2,1H3,(H,18,19). The van der Waals surface area contributed by atoms with Crippen molar-refractivity contribution in [3.05, 3.63) is 29.5 Å². The molecule has 0 fully saturated rings. The van der Waals surface area contributed by atoms with Gasteiger partial charge in [0, 0.05) is 13.1 Å². The van der Waals surface area contributed by atoms with Crippen LogP contribution >= 0.6 is 11.3 Å². The van der Waals surface area contributed by atoms with Crippen molar-refractivity contribution in [3.8, 4) is 10.8 Å². The van der Waals surface area contributed by atoms with Crippen LogP contribution in [0.3, 0.4) is 0 Å². The number of hydrogen-bond donors (Lipinski definition) is 1. The predicted octanol–water partition coefficient (Wildman–Crippen LogP) is 2.27. The van der Waals surface area contributed by atoms with Crippen LogP contribution in [0.25, 0.3) is 10.8 Å². The molecule has 0 aliphatic rings. The second-order valence-electron chi connectivity index (χ2n) is 4.42. The summed E-state index contributed by atoms with van der Waals surface area (Å²) in [5.41, 5.74) is 0.553. The Morgan fingerprint density at radius 2 is 2.29 bits per heavy atom. The van der Waals surface area contributed by atoms with Crippen LogP contribution in [0.15, 0.2) is 28.2 Å². The monoisotopic (exact) mass is 308 g/mol. The zero-order chi connectivity index (χ0) is 15.2. The zero-order valence-electron chi connectivity index (χ0n) is 11.6. The predicted molar refractivity (Wildman–Crippen MR) is 78.0 cm³/mol. The number of likely N-dealkylation sites (N-methyl/N-ethyl adjacent to an activating group) is 1. The third-order valence-electron chi connectivity index (χ3n) is 2.95. The lowest BCUT2D eigenvalue weighted by Crippen LogP contribution is -2.34. The summed E-state index contributed by atoms with van der Waals surface area (Å²) in [4.78, 5) is 29.4. The van der Waals surface area contributed by atoms with Crippen LogP contribution in [0.5, 0.6) is 0 Å². The molecule has 0 atom stereocenters. The van der Waals surface area contributed by atoms with Gasteiger partial charge in [0.15, 0.2) is 0 Å². The Labute approximate surface area is 126 Å². The molecule has 0 bridgehead atoms. The Morgan fingerprint density at radius 1 is 1.48 bits per heavy atom. The number of carbonyl (C=O) groups excluding carboxylic acids is 1. The van der Waals surface area contributed by atoms with E-state index in [1.807, 2.05) is 24.4 Å². The van der Waals surface area contributed by atoms with Crippen LogP contribution in [0.1, 0.15) is 19.0 Å². The average molecular weight is 308 g/mol. The molecule has 0 unspecified atom stereocenters. The Bertz CT molecular complexity index is 606. The number of hydrogen-bond acceptors (Lipinski definition) is 5. The highest BCUT2D eigenvalue weighted by Gasteiger charge is 2.16. The fraction of sp³-hybridized carbons (Fsp3) is 0.357. The summed E-state index contributed by atoms with van der Waals surface area (Å²) in [5, 5.41) is 10.6. The summed E-state index contributed by atoms with van der Waals surface area (Å²) in [7, 11) is 0. The summed E-state index contributed by atoms with van der Waals surface area (Å²) < 4.78 is 5.36. The van der Waals surface area contributed by atoms with E-state index < -0.39 is 5.97 Å². The Kier molecular flexibility index (Phi) is 5.10. The first-order chi connectivity index (χ1) is 10.1. The van der Waals surface area contributed by atoms with E-state index in [-0.39, 0.29) is 25.3 Å². The van der Waals surface area contributed by atoms with Gasteiger partial charge in [-0.3, -0.25) is 9.59 Å². The lowest BCUT2D eigenvalue weighted by molar-refractivity contribution is -0.138. The van der Waals surface area contributed by atoms with E-state index in [9.17, 15) is 9.59 Å². The molecule has 0 aliphatic heterocycles. The van der Waals surface area contributed by atoms with E-state index in [0.717, 1.165) is 4.88 Å². The number of aromatic nitrogens is 1. The van der Waals surface area contributed by atoms with Gasteiger partial charge in [0.25, 0.3) is 0 Å². The van der Waals surface area contributed by atoms with Gasteiger partial charge in [0.1, 0.15) is 6.26 Å². The SMILES string of the molecule is CCN(CCC(=O)O)C(=O)Cc1coc(-c2cccs2)n1. The molecule has 0 saturated heterocycles. The summed E-state index contributed by atoms with van der Waals surface area (Å²) in [6.45, 7) is 2.50. The van der Waals surface area contributed by atoms with Crippen molar-refractivity contribution in [1.29, 1.82) is 0 Å². The van der Waals surface area contributed by atoms with Crippen molar-refractivity contribution in [2.24, 2.45) is 0 Å². The Morgan fingerprint density at radius 3 is 2.90 bits per heavy atom. The van der Waals surface area contributed by atoms with E-state index in [1.54, 1.807) is 0 Å². The molecule has 0 spiro atoms. The first-order valence-electron chi connectivity index (χ1n) is 6.58. The number of rotatable bonds is 7. The van der Waals surface area contributed by atoms with Crippen LogP contribution in [0.4, 0.5) is 0 Å². The summed E-state index contributed by atoms with van der Waals surface area (Å²) in [6, 6.07) is 3.80. The van der Waals surface area contributed by atoms with E-state index in [0.29, 0.717) is 18.1 Å². The van der Waals surface area contributed by atoms with Gasteiger partial charge in [-0.15, -0.1) is 11.3 Å². The fourth-order valence-corrected chi connectivity index (χ4v) is 2.51. The Balaban J connectivity index is 1.97. The zero-order valence-corrected chi connectivity index (χ0v) is 12.4. The second-order valence-corrected chi connectivity index (χ2v) is 5.36. The van der Waals surface area contributed by atoms with Gasteiger partial charge in [0.2, 0.25) is 11.8 Å². The fourth-order valence-electron chi connectivity index (χ4n) is 1.86. The van der Waals surface area contributed by atoms with Crippen molar-refractivity contribution >= 4 is 23.2 Å². The normalized spacial score (nSPS) is 10.5. The molecule has 0 radical (unpaired) electrons. The van der Waals surface area contributed by atoms with Crippen LogP contribution in [-0.4, -0.2) is 40.0 Å². The van der Waals surface area contributed by atoms with E-state index >= 15 is 0 Å². The first kappa shape index (κ1) is 15.2. The molecule has 2 rings (SSSR count). The molecule has 21 heavy (non-hydrogen) atoms. The van der Waals surface area contributed by atoms with Gasteiger partial charge in [-0.05, 0) is 18.4 Å². The van der Waals surface area contributed by atoms with E-state index in [2.05, 4.69) is 4.98 Å². The van der Waals surface area contributed by atoms with Crippen LogP contribution < -0.4 is 0 Å². The first-order valence-corrected chi connectivity index (χ1v) is 7.46. The van der Waals surface area contributed by atoms with Crippen LogP contribution in [-0.2, 0) is 16.0 Å². The molecule has 0 aliphatic carbocycles. The molecule has 2 aromatic heterocycles. The molecule has 6 nitrogen and oxygen atoms in total. The molecule has 2 heterocycles. The molecule has 2 aromatic rings. The lowest BCUT2D eigenvalue weighted by atomic mass is 10.2. The molecule has 0 aromatic carbocycles. The van der Waals surface area contributed by atoms with Crippen molar-refractivity contribution in [3.63, 3.8) is 0 Å². The highest BCUT2D eigenvalue weighted by atomic mass is 32.1. The maximum atomic E-state index is 12.1. The third-order valence-corrected chi connectivity index (χ3v) is 3.80. The topological polar surface area (TPSA) is 83.6 Å². The van der Waals surface area contributed by atoms with Gasteiger partial charge >= 0.3 is 5.97 Å². The number of carboxylic acids is 1. The lowest BCUT2D eigenvalue weighted by Gasteiger charge is -2.19. The molecule has 1 amide bonds. The number of carboxylic acid groups (broad SMARTS) is 1. The van der Waals surface area contributed by atoms with Crippen LogP contribution in [0, 0.1) is 0 Å². The molecule has 112 valence electrons. The molecule has 1 N–H and O–H groups in total. The third kappa shape index (κ3) is 4.16. The summed E-state index contributed by atoms with van der Waals surface area (Å²) >= 11 is 1.51. The molecular weight excluding hydrogens is 292 g/mol. The molecule has 7 heteroatoms. The quantitative estimate of drug-likeness (QED) is 0.848. The van der Waals surface area contributed by atoms with Crippen molar-refractivity contribution < 1.29 is 19.1 Å². The van der Waals surface area contributed by atoms with Crippen LogP contribution in [0.2, 0.25) is 0 Å². The van der Waals surface area contributed by atoms with Crippen molar-refractivity contribution in [1.82, 2.24) is 9.88 Å². The number of aliphatic carboxylic acids is 1. The van der Waals surface area contributed by atoms with Gasteiger partial charge < -0.3 is 14.4 Å².